The molecule has 0 amide bonds. The summed E-state index contributed by atoms with van der Waals surface area (Å²) in [5.41, 5.74) is 2.07. The summed E-state index contributed by atoms with van der Waals surface area (Å²) in [7, 11) is 0. The van der Waals surface area contributed by atoms with Crippen LogP contribution in [0, 0.1) is 0 Å². The van der Waals surface area contributed by atoms with Gasteiger partial charge in [0.15, 0.2) is 5.82 Å². The molecule has 0 aliphatic carbocycles. The molecule has 2 rings (SSSR count). The quantitative estimate of drug-likeness (QED) is 0.831. The average molecular weight is 295 g/mol. The SMILES string of the molecule is CCCNc1nc(C(C)(CC)OCC)nc2c1CSC2. The molecule has 112 valence electrons. The van der Waals surface area contributed by atoms with Crippen molar-refractivity contribution in [2.24, 2.45) is 0 Å². The molecule has 2 heterocycles. The molecule has 0 fully saturated rings. The number of anilines is 1. The molecule has 0 saturated heterocycles. The molecule has 1 unspecified atom stereocenters. The van der Waals surface area contributed by atoms with Gasteiger partial charge >= 0.3 is 0 Å². The van der Waals surface area contributed by atoms with Crippen molar-refractivity contribution in [3.63, 3.8) is 0 Å². The number of thioether (sulfide) groups is 1. The smallest absolute Gasteiger partial charge is 0.162 e. The van der Waals surface area contributed by atoms with Crippen molar-refractivity contribution < 1.29 is 4.74 Å². The fourth-order valence-electron chi connectivity index (χ4n) is 2.32. The molecule has 1 atom stereocenters. The number of nitrogens with one attached hydrogen (secondary N) is 1. The molecule has 0 aromatic carbocycles. The van der Waals surface area contributed by atoms with Crippen LogP contribution in [0.25, 0.3) is 0 Å². The van der Waals surface area contributed by atoms with Crippen LogP contribution in [0.4, 0.5) is 5.82 Å². The molecule has 1 aromatic rings. The Balaban J connectivity index is 2.39. The minimum absolute atomic E-state index is 0.389. The van der Waals surface area contributed by atoms with Crippen molar-refractivity contribution >= 4 is 17.6 Å². The number of aromatic nitrogens is 2. The summed E-state index contributed by atoms with van der Waals surface area (Å²) >= 11 is 1.91. The normalized spacial score (nSPS) is 16.8. The summed E-state index contributed by atoms with van der Waals surface area (Å²) in [6.45, 7) is 10.0. The highest BCUT2D eigenvalue weighted by Gasteiger charge is 2.31. The lowest BCUT2D eigenvalue weighted by atomic mass is 10.0. The Morgan fingerprint density at radius 1 is 1.25 bits per heavy atom. The minimum Gasteiger partial charge on any atom is -0.370 e. The van der Waals surface area contributed by atoms with Crippen LogP contribution in [0.5, 0.6) is 0 Å². The van der Waals surface area contributed by atoms with E-state index in [1.165, 1.54) is 11.3 Å². The second-order valence-corrected chi connectivity index (χ2v) is 6.24. The van der Waals surface area contributed by atoms with Crippen molar-refractivity contribution in [1.82, 2.24) is 9.97 Å². The lowest BCUT2D eigenvalue weighted by molar-refractivity contribution is -0.0390. The van der Waals surface area contributed by atoms with E-state index >= 15 is 0 Å². The molecule has 0 radical (unpaired) electrons. The van der Waals surface area contributed by atoms with Crippen molar-refractivity contribution in [2.45, 2.75) is 57.6 Å². The summed E-state index contributed by atoms with van der Waals surface area (Å²) in [4.78, 5) is 9.57. The monoisotopic (exact) mass is 295 g/mol. The van der Waals surface area contributed by atoms with Crippen LogP contribution in [-0.4, -0.2) is 23.1 Å². The summed E-state index contributed by atoms with van der Waals surface area (Å²) < 4.78 is 5.92. The standard InChI is InChI=1S/C15H25N3OS/c1-5-8-16-13-11-9-20-10-12(11)17-14(18-13)15(4,6-2)19-7-3/h5-10H2,1-4H3,(H,16,17,18). The molecular formula is C15H25N3OS. The second-order valence-electron chi connectivity index (χ2n) is 5.26. The third-order valence-electron chi connectivity index (χ3n) is 3.73. The Bertz CT molecular complexity index is 467. The maximum Gasteiger partial charge on any atom is 0.162 e. The van der Waals surface area contributed by atoms with Crippen LogP contribution in [-0.2, 0) is 21.8 Å². The zero-order valence-corrected chi connectivity index (χ0v) is 13.8. The first kappa shape index (κ1) is 15.6. The van der Waals surface area contributed by atoms with Gasteiger partial charge in [0, 0.05) is 30.2 Å². The van der Waals surface area contributed by atoms with Crippen LogP contribution in [0.15, 0.2) is 0 Å². The molecule has 20 heavy (non-hydrogen) atoms. The molecule has 1 aromatic heterocycles. The first-order valence-corrected chi connectivity index (χ1v) is 8.65. The van der Waals surface area contributed by atoms with E-state index in [-0.39, 0.29) is 5.60 Å². The number of fused-ring (bicyclic) bond motifs is 1. The molecule has 1 aliphatic heterocycles. The Labute approximate surface area is 126 Å². The van der Waals surface area contributed by atoms with Gasteiger partial charge in [-0.2, -0.15) is 11.8 Å². The molecule has 0 spiro atoms. The maximum atomic E-state index is 5.92. The molecule has 1 aliphatic rings. The van der Waals surface area contributed by atoms with Gasteiger partial charge in [0.05, 0.1) is 5.69 Å². The molecule has 1 N–H and O–H groups in total. The van der Waals surface area contributed by atoms with Gasteiger partial charge in [0.1, 0.15) is 11.4 Å². The van der Waals surface area contributed by atoms with Gasteiger partial charge < -0.3 is 10.1 Å². The summed E-state index contributed by atoms with van der Waals surface area (Å²) in [5.74, 6) is 3.83. The topological polar surface area (TPSA) is 47.0 Å². The largest absolute Gasteiger partial charge is 0.370 e. The van der Waals surface area contributed by atoms with Gasteiger partial charge in [-0.05, 0) is 26.7 Å². The van der Waals surface area contributed by atoms with Crippen LogP contribution >= 0.6 is 11.8 Å². The molecule has 5 heteroatoms. The van der Waals surface area contributed by atoms with Gasteiger partial charge in [-0.1, -0.05) is 13.8 Å². The van der Waals surface area contributed by atoms with Crippen LogP contribution in [0.3, 0.4) is 0 Å². The average Bonchev–Trinajstić information content (AvgIpc) is 2.93. The lowest BCUT2D eigenvalue weighted by Crippen LogP contribution is -2.29. The molecular weight excluding hydrogens is 270 g/mol. The highest BCUT2D eigenvalue weighted by Crippen LogP contribution is 2.36. The first-order valence-electron chi connectivity index (χ1n) is 7.50. The molecule has 0 saturated carbocycles. The van der Waals surface area contributed by atoms with Crippen LogP contribution in [0.2, 0.25) is 0 Å². The Morgan fingerprint density at radius 2 is 2.05 bits per heavy atom. The van der Waals surface area contributed by atoms with E-state index in [4.69, 9.17) is 14.7 Å². The fraction of sp³-hybridized carbons (Fsp3) is 0.733. The third-order valence-corrected chi connectivity index (χ3v) is 4.70. The highest BCUT2D eigenvalue weighted by atomic mass is 32.2. The summed E-state index contributed by atoms with van der Waals surface area (Å²) in [6, 6.07) is 0. The Morgan fingerprint density at radius 3 is 2.70 bits per heavy atom. The van der Waals surface area contributed by atoms with E-state index in [9.17, 15) is 0 Å². The Hall–Kier alpha value is -0.810. The lowest BCUT2D eigenvalue weighted by Gasteiger charge is -2.27. The minimum atomic E-state index is -0.389. The zero-order chi connectivity index (χ0) is 14.6. The summed E-state index contributed by atoms with van der Waals surface area (Å²) in [5, 5.41) is 3.45. The number of hydrogen-bond acceptors (Lipinski definition) is 5. The number of nitrogens with zero attached hydrogens (tertiary/aromatic N) is 2. The third kappa shape index (κ3) is 3.09. The van der Waals surface area contributed by atoms with E-state index in [1.807, 2.05) is 18.7 Å². The zero-order valence-electron chi connectivity index (χ0n) is 13.0. The number of rotatable bonds is 7. The van der Waals surface area contributed by atoms with Gasteiger partial charge in [0.2, 0.25) is 0 Å². The van der Waals surface area contributed by atoms with Crippen LogP contribution in [0.1, 0.15) is 57.6 Å². The first-order chi connectivity index (χ1) is 9.64. The van der Waals surface area contributed by atoms with E-state index < -0.39 is 0 Å². The van der Waals surface area contributed by atoms with E-state index in [1.54, 1.807) is 0 Å². The van der Waals surface area contributed by atoms with E-state index in [0.29, 0.717) is 6.61 Å². The predicted molar refractivity (Wildman–Crippen MR) is 85.1 cm³/mol. The van der Waals surface area contributed by atoms with Gasteiger partial charge in [0.25, 0.3) is 0 Å². The van der Waals surface area contributed by atoms with E-state index in [0.717, 1.165) is 42.5 Å². The van der Waals surface area contributed by atoms with Crippen molar-refractivity contribution in [3.05, 3.63) is 17.1 Å². The van der Waals surface area contributed by atoms with Crippen LogP contribution < -0.4 is 5.32 Å². The molecule has 0 bridgehead atoms. The molecule has 4 nitrogen and oxygen atoms in total. The Kier molecular flexibility index (Phi) is 5.27. The fourth-order valence-corrected chi connectivity index (χ4v) is 3.36. The number of hydrogen-bond donors (Lipinski definition) is 1. The maximum absolute atomic E-state index is 5.92. The second kappa shape index (κ2) is 6.76. The van der Waals surface area contributed by atoms with Crippen molar-refractivity contribution in [3.8, 4) is 0 Å². The highest BCUT2D eigenvalue weighted by molar-refractivity contribution is 7.98. The van der Waals surface area contributed by atoms with Gasteiger partial charge in [-0.3, -0.25) is 0 Å². The van der Waals surface area contributed by atoms with Crippen molar-refractivity contribution in [1.29, 1.82) is 0 Å². The van der Waals surface area contributed by atoms with Crippen molar-refractivity contribution in [2.75, 3.05) is 18.5 Å². The number of ether oxygens (including phenoxy) is 1. The van der Waals surface area contributed by atoms with E-state index in [2.05, 4.69) is 26.1 Å². The predicted octanol–water partition coefficient (Wildman–Crippen LogP) is 3.71. The van der Waals surface area contributed by atoms with Gasteiger partial charge in [-0.25, -0.2) is 9.97 Å². The summed E-state index contributed by atoms with van der Waals surface area (Å²) in [6.07, 6.45) is 1.97. The van der Waals surface area contributed by atoms with Gasteiger partial charge in [-0.15, -0.1) is 0 Å².